The van der Waals surface area contributed by atoms with Crippen molar-refractivity contribution in [1.82, 2.24) is 0 Å². The molecule has 2 unspecified atom stereocenters. The molecule has 1 N–H and O–H groups in total. The topological polar surface area (TPSA) is 85.2 Å². The Kier molecular flexibility index (Phi) is 3.87. The molecule has 1 heterocycles. The molecule has 6 heteroatoms. The van der Waals surface area contributed by atoms with Gasteiger partial charge in [-0.3, -0.25) is 4.79 Å². The van der Waals surface area contributed by atoms with Crippen LogP contribution >= 0.6 is 0 Å². The van der Waals surface area contributed by atoms with Crippen molar-refractivity contribution in [2.45, 2.75) is 39.4 Å². The van der Waals surface area contributed by atoms with Crippen molar-refractivity contribution in [2.75, 3.05) is 6.61 Å². The van der Waals surface area contributed by atoms with E-state index in [0.717, 1.165) is 0 Å². The molecular formula is C11H17NO5. The predicted molar refractivity (Wildman–Crippen MR) is 59.0 cm³/mol. The summed E-state index contributed by atoms with van der Waals surface area (Å²) < 4.78 is 10.4. The van der Waals surface area contributed by atoms with Gasteiger partial charge in [0.2, 0.25) is 0 Å². The van der Waals surface area contributed by atoms with E-state index in [1.165, 1.54) is 0 Å². The van der Waals surface area contributed by atoms with E-state index in [1.54, 1.807) is 6.92 Å². The van der Waals surface area contributed by atoms with Crippen molar-refractivity contribution in [3.05, 3.63) is 0 Å². The van der Waals surface area contributed by atoms with Gasteiger partial charge in [0.25, 0.3) is 5.78 Å². The van der Waals surface area contributed by atoms with Gasteiger partial charge in [0, 0.05) is 5.92 Å². The van der Waals surface area contributed by atoms with E-state index in [0.29, 0.717) is 6.61 Å². The van der Waals surface area contributed by atoms with Gasteiger partial charge < -0.3 is 14.7 Å². The number of hydrogen-bond acceptors (Lipinski definition) is 6. The van der Waals surface area contributed by atoms with Crippen LogP contribution in [0.1, 0.15) is 27.7 Å². The fourth-order valence-corrected chi connectivity index (χ4v) is 1.42. The van der Waals surface area contributed by atoms with Crippen LogP contribution in [-0.4, -0.2) is 41.0 Å². The molecule has 0 bridgehead atoms. The highest BCUT2D eigenvalue weighted by Gasteiger charge is 2.43. The van der Waals surface area contributed by atoms with Gasteiger partial charge in [-0.05, 0) is 20.8 Å². The Morgan fingerprint density at radius 2 is 2.06 bits per heavy atom. The zero-order valence-electron chi connectivity index (χ0n) is 10.4. The average Bonchev–Trinajstić information content (AvgIpc) is 2.51. The quantitative estimate of drug-likeness (QED) is 0.342. The normalized spacial score (nSPS) is 25.2. The molecule has 1 aliphatic rings. The summed E-state index contributed by atoms with van der Waals surface area (Å²) in [5.74, 6) is -2.12. The number of esters is 1. The third-order valence-corrected chi connectivity index (χ3v) is 2.33. The van der Waals surface area contributed by atoms with Crippen LogP contribution in [0.4, 0.5) is 0 Å². The van der Waals surface area contributed by atoms with Crippen molar-refractivity contribution < 1.29 is 24.3 Å². The van der Waals surface area contributed by atoms with E-state index < -0.39 is 17.9 Å². The maximum Gasteiger partial charge on any atom is 0.381 e. The number of oxime groups is 1. The number of Topliss-reactive ketones (excluding diaryl/α,β-unsaturated/α-hetero) is 1. The molecule has 6 nitrogen and oxygen atoms in total. The molecule has 1 aliphatic heterocycles. The predicted octanol–water partition coefficient (Wildman–Crippen LogP) is 0.762. The Bertz CT molecular complexity index is 355. The molecule has 0 aromatic heterocycles. The molecule has 96 valence electrons. The summed E-state index contributed by atoms with van der Waals surface area (Å²) in [6.45, 7) is 7.74. The fraction of sp³-hybridized carbons (Fsp3) is 0.727. The van der Waals surface area contributed by atoms with Gasteiger partial charge in [-0.2, -0.15) is 0 Å². The first-order chi connectivity index (χ1) is 7.76. The zero-order valence-corrected chi connectivity index (χ0v) is 10.4. The first-order valence-electron chi connectivity index (χ1n) is 5.37. The van der Waals surface area contributed by atoms with E-state index in [9.17, 15) is 9.59 Å². The summed E-state index contributed by atoms with van der Waals surface area (Å²) in [6, 6.07) is 0. The lowest BCUT2D eigenvalue weighted by atomic mass is 10.0. The second-order valence-corrected chi connectivity index (χ2v) is 5.04. The zero-order chi connectivity index (χ0) is 13.2. The van der Waals surface area contributed by atoms with Gasteiger partial charge in [0.1, 0.15) is 0 Å². The molecule has 0 radical (unpaired) electrons. The van der Waals surface area contributed by atoms with Gasteiger partial charge >= 0.3 is 5.97 Å². The number of ether oxygens (including phenoxy) is 2. The molecule has 0 aromatic rings. The Balaban J connectivity index is 2.67. The number of ketones is 1. The molecule has 1 saturated heterocycles. The lowest BCUT2D eigenvalue weighted by Gasteiger charge is -2.24. The summed E-state index contributed by atoms with van der Waals surface area (Å²) in [4.78, 5) is 22.3. The molecule has 1 rings (SSSR count). The van der Waals surface area contributed by atoms with Crippen molar-refractivity contribution in [2.24, 2.45) is 11.1 Å². The van der Waals surface area contributed by atoms with Crippen molar-refractivity contribution in [3.63, 3.8) is 0 Å². The molecule has 2 atom stereocenters. The Morgan fingerprint density at radius 1 is 1.47 bits per heavy atom. The molecule has 0 aromatic carbocycles. The summed E-state index contributed by atoms with van der Waals surface area (Å²) >= 11 is 0. The third kappa shape index (κ3) is 3.26. The van der Waals surface area contributed by atoms with Crippen LogP contribution in [0.3, 0.4) is 0 Å². The first kappa shape index (κ1) is 13.6. The van der Waals surface area contributed by atoms with Crippen molar-refractivity contribution >= 4 is 17.5 Å². The van der Waals surface area contributed by atoms with Gasteiger partial charge in [0.15, 0.2) is 11.8 Å². The van der Waals surface area contributed by atoms with E-state index in [4.69, 9.17) is 14.7 Å². The number of carbonyl (C=O) groups is 2. The van der Waals surface area contributed by atoms with Crippen LogP contribution in [0.5, 0.6) is 0 Å². The first-order valence-corrected chi connectivity index (χ1v) is 5.37. The number of nitrogens with zero attached hydrogens (tertiary/aromatic N) is 1. The van der Waals surface area contributed by atoms with Gasteiger partial charge in [-0.15, -0.1) is 0 Å². The highest BCUT2D eigenvalue weighted by molar-refractivity contribution is 6.67. The molecule has 0 amide bonds. The number of rotatable bonds is 3. The van der Waals surface area contributed by atoms with Crippen molar-refractivity contribution in [1.29, 1.82) is 0 Å². The molecular weight excluding hydrogens is 226 g/mol. The molecule has 1 fully saturated rings. The van der Waals surface area contributed by atoms with Crippen LogP contribution in [0.25, 0.3) is 0 Å². The molecule has 0 spiro atoms. The van der Waals surface area contributed by atoms with Gasteiger partial charge in [0.05, 0.1) is 12.2 Å². The Hall–Kier alpha value is -1.43. The standard InChI is InChI=1S/C11H17NO5/c1-6(5-16-11(2,3)4)9-7(12-15)8(13)10(14)17-9/h6,9,15H,5H2,1-4H3. The molecule has 0 aliphatic carbocycles. The summed E-state index contributed by atoms with van der Waals surface area (Å²) in [7, 11) is 0. The Labute approximate surface area is 99.6 Å². The van der Waals surface area contributed by atoms with Crippen LogP contribution in [0.15, 0.2) is 5.16 Å². The largest absolute Gasteiger partial charge is 0.449 e. The molecule has 17 heavy (non-hydrogen) atoms. The SMILES string of the molecule is CC(COC(C)(C)C)C1OC(=O)C(=O)C1=NO. The van der Waals surface area contributed by atoms with Crippen LogP contribution in [0, 0.1) is 5.92 Å². The molecule has 0 saturated carbocycles. The fourth-order valence-electron chi connectivity index (χ4n) is 1.42. The number of cyclic esters (lactones) is 1. The third-order valence-electron chi connectivity index (χ3n) is 2.33. The van der Waals surface area contributed by atoms with Gasteiger partial charge in [-0.25, -0.2) is 4.79 Å². The minimum Gasteiger partial charge on any atom is -0.449 e. The van der Waals surface area contributed by atoms with Gasteiger partial charge in [-0.1, -0.05) is 12.1 Å². The maximum atomic E-state index is 11.2. The minimum absolute atomic E-state index is 0.250. The summed E-state index contributed by atoms with van der Waals surface area (Å²) in [5, 5.41) is 11.5. The Morgan fingerprint density at radius 3 is 2.53 bits per heavy atom. The van der Waals surface area contributed by atoms with E-state index in [-0.39, 0.29) is 17.2 Å². The van der Waals surface area contributed by atoms with Crippen molar-refractivity contribution in [3.8, 4) is 0 Å². The van der Waals surface area contributed by atoms with Crippen LogP contribution in [0.2, 0.25) is 0 Å². The number of carbonyl (C=O) groups excluding carboxylic acids is 2. The van der Waals surface area contributed by atoms with Crippen LogP contribution < -0.4 is 0 Å². The second-order valence-electron chi connectivity index (χ2n) is 5.04. The van der Waals surface area contributed by atoms with Crippen LogP contribution in [-0.2, 0) is 19.1 Å². The smallest absolute Gasteiger partial charge is 0.381 e. The maximum absolute atomic E-state index is 11.2. The van der Waals surface area contributed by atoms with E-state index in [2.05, 4.69) is 5.16 Å². The lowest BCUT2D eigenvalue weighted by Crippen LogP contribution is -2.33. The second kappa shape index (κ2) is 4.83. The highest BCUT2D eigenvalue weighted by Crippen LogP contribution is 2.19. The summed E-state index contributed by atoms with van der Waals surface area (Å²) in [5.41, 5.74) is -0.572. The number of hydrogen-bond donors (Lipinski definition) is 1. The highest BCUT2D eigenvalue weighted by atomic mass is 16.6. The van der Waals surface area contributed by atoms with E-state index >= 15 is 0 Å². The average molecular weight is 243 g/mol. The monoisotopic (exact) mass is 243 g/mol. The lowest BCUT2D eigenvalue weighted by molar-refractivity contribution is -0.150. The minimum atomic E-state index is -0.981. The van der Waals surface area contributed by atoms with E-state index in [1.807, 2.05) is 20.8 Å². The summed E-state index contributed by atoms with van der Waals surface area (Å²) in [6.07, 6.45) is -0.831.